The number of thioether (sulfide) groups is 1. The molecule has 0 spiro atoms. The predicted molar refractivity (Wildman–Crippen MR) is 126 cm³/mol. The van der Waals surface area contributed by atoms with Crippen molar-refractivity contribution >= 4 is 29.0 Å². The second kappa shape index (κ2) is 9.58. The van der Waals surface area contributed by atoms with Crippen LogP contribution in [0.2, 0.25) is 0 Å². The Morgan fingerprint density at radius 1 is 1.13 bits per heavy atom. The molecule has 4 rings (SSSR count). The summed E-state index contributed by atoms with van der Waals surface area (Å²) in [4.78, 5) is 19.6. The number of benzene rings is 2. The van der Waals surface area contributed by atoms with Crippen molar-refractivity contribution in [3.63, 3.8) is 0 Å². The maximum Gasteiger partial charge on any atom is 0.237 e. The van der Waals surface area contributed by atoms with Crippen molar-refractivity contribution in [2.45, 2.75) is 31.2 Å². The average molecular weight is 437 g/mol. The number of aromatic nitrogens is 2. The number of nitrogens with one attached hydrogen (secondary N) is 1. The van der Waals surface area contributed by atoms with Gasteiger partial charge in [-0.3, -0.25) is 9.36 Å². The van der Waals surface area contributed by atoms with Gasteiger partial charge in [0.25, 0.3) is 0 Å². The Morgan fingerprint density at radius 2 is 1.87 bits per heavy atom. The van der Waals surface area contributed by atoms with Gasteiger partial charge in [0, 0.05) is 36.9 Å². The lowest BCUT2D eigenvalue weighted by Crippen LogP contribution is -2.36. The predicted octanol–water partition coefficient (Wildman–Crippen LogP) is 4.45. The minimum Gasteiger partial charge on any atom is -0.378 e. The Labute approximate surface area is 187 Å². The largest absolute Gasteiger partial charge is 0.378 e. The van der Waals surface area contributed by atoms with Gasteiger partial charge in [0.15, 0.2) is 5.16 Å². The zero-order chi connectivity index (χ0) is 21.8. The van der Waals surface area contributed by atoms with E-state index >= 15 is 0 Å². The van der Waals surface area contributed by atoms with Crippen LogP contribution in [0.4, 0.5) is 11.4 Å². The molecule has 2 heterocycles. The maximum absolute atomic E-state index is 12.8. The van der Waals surface area contributed by atoms with Crippen LogP contribution in [0.15, 0.2) is 60.0 Å². The number of carbonyl (C=O) groups excluding carboxylic acids is 1. The van der Waals surface area contributed by atoms with Crippen molar-refractivity contribution in [2.75, 3.05) is 36.5 Å². The molecule has 1 N–H and O–H groups in total. The lowest BCUT2D eigenvalue weighted by atomic mass is 10.1. The van der Waals surface area contributed by atoms with Crippen molar-refractivity contribution < 1.29 is 9.53 Å². The van der Waals surface area contributed by atoms with Crippen LogP contribution in [0.5, 0.6) is 0 Å². The van der Waals surface area contributed by atoms with E-state index in [0.717, 1.165) is 48.5 Å². The summed E-state index contributed by atoms with van der Waals surface area (Å²) < 4.78 is 7.46. The SMILES string of the molecule is Cc1cccc(-n2ccnc2SC(C)C(=O)Nc2ccc(N3CCOCC3)cc2)c1C. The summed E-state index contributed by atoms with van der Waals surface area (Å²) in [6.07, 6.45) is 3.72. The number of aryl methyl sites for hydroxylation is 1. The number of nitrogens with zero attached hydrogens (tertiary/aromatic N) is 3. The van der Waals surface area contributed by atoms with Gasteiger partial charge in [0.05, 0.1) is 24.2 Å². The number of morpholine rings is 1. The van der Waals surface area contributed by atoms with E-state index in [1.807, 2.05) is 48.0 Å². The third-order valence-electron chi connectivity index (χ3n) is 5.60. The lowest BCUT2D eigenvalue weighted by Gasteiger charge is -2.28. The molecule has 1 saturated heterocycles. The van der Waals surface area contributed by atoms with Crippen LogP contribution in [0, 0.1) is 13.8 Å². The first-order valence-corrected chi connectivity index (χ1v) is 11.4. The second-order valence-corrected chi connectivity index (χ2v) is 9.00. The van der Waals surface area contributed by atoms with E-state index in [2.05, 4.69) is 41.2 Å². The van der Waals surface area contributed by atoms with E-state index in [0.29, 0.717) is 0 Å². The van der Waals surface area contributed by atoms with Crippen molar-refractivity contribution in [3.8, 4) is 5.69 Å². The normalized spacial score (nSPS) is 15.0. The summed E-state index contributed by atoms with van der Waals surface area (Å²) in [5, 5.41) is 3.54. The molecule has 7 heteroatoms. The van der Waals surface area contributed by atoms with Gasteiger partial charge >= 0.3 is 0 Å². The molecule has 0 saturated carbocycles. The molecule has 1 aromatic heterocycles. The van der Waals surface area contributed by atoms with E-state index in [-0.39, 0.29) is 11.2 Å². The first kappa shape index (κ1) is 21.5. The molecule has 3 aromatic rings. The number of hydrogen-bond acceptors (Lipinski definition) is 5. The molecule has 162 valence electrons. The number of anilines is 2. The standard InChI is InChI=1S/C24H28N4O2S/c1-17-5-4-6-22(18(17)2)28-12-11-25-24(28)31-19(3)23(29)26-20-7-9-21(10-8-20)27-13-15-30-16-14-27/h4-12,19H,13-16H2,1-3H3,(H,26,29). The number of carbonyl (C=O) groups is 1. The highest BCUT2D eigenvalue weighted by Crippen LogP contribution is 2.28. The Hall–Kier alpha value is -2.77. The number of imidazole rings is 1. The van der Waals surface area contributed by atoms with Gasteiger partial charge in [0.2, 0.25) is 5.91 Å². The molecule has 1 amide bonds. The third-order valence-corrected chi connectivity index (χ3v) is 6.69. The first-order chi connectivity index (χ1) is 15.0. The van der Waals surface area contributed by atoms with Gasteiger partial charge < -0.3 is 15.0 Å². The summed E-state index contributed by atoms with van der Waals surface area (Å²) in [5.74, 6) is -0.0420. The van der Waals surface area contributed by atoms with Gasteiger partial charge in [-0.15, -0.1) is 0 Å². The number of hydrogen-bond donors (Lipinski definition) is 1. The van der Waals surface area contributed by atoms with E-state index in [9.17, 15) is 4.79 Å². The minimum absolute atomic E-state index is 0.0420. The summed E-state index contributed by atoms with van der Waals surface area (Å²) in [5.41, 5.74) is 5.48. The molecule has 1 fully saturated rings. The van der Waals surface area contributed by atoms with Crippen LogP contribution in [-0.4, -0.2) is 47.0 Å². The number of rotatable bonds is 6. The van der Waals surface area contributed by atoms with Gasteiger partial charge in [-0.05, 0) is 62.2 Å². The Balaban J connectivity index is 1.41. The molecule has 0 aliphatic carbocycles. The van der Waals surface area contributed by atoms with E-state index in [1.165, 1.54) is 22.9 Å². The number of amides is 1. The third kappa shape index (κ3) is 4.94. The van der Waals surface area contributed by atoms with E-state index in [1.54, 1.807) is 6.20 Å². The minimum atomic E-state index is -0.287. The Morgan fingerprint density at radius 3 is 2.61 bits per heavy atom. The Bertz CT molecular complexity index is 1040. The van der Waals surface area contributed by atoms with Crippen LogP contribution in [0.1, 0.15) is 18.1 Å². The summed E-state index contributed by atoms with van der Waals surface area (Å²) >= 11 is 1.46. The van der Waals surface area contributed by atoms with Crippen molar-refractivity contribution in [1.29, 1.82) is 0 Å². The van der Waals surface area contributed by atoms with Gasteiger partial charge in [-0.1, -0.05) is 23.9 Å². The summed E-state index contributed by atoms with van der Waals surface area (Å²) in [6, 6.07) is 14.2. The first-order valence-electron chi connectivity index (χ1n) is 10.5. The highest BCUT2D eigenvalue weighted by molar-refractivity contribution is 8.00. The molecule has 1 aliphatic heterocycles. The zero-order valence-corrected chi connectivity index (χ0v) is 19.0. The summed E-state index contributed by atoms with van der Waals surface area (Å²) in [6.45, 7) is 9.41. The molecule has 1 atom stereocenters. The average Bonchev–Trinajstić information content (AvgIpc) is 3.24. The molecule has 6 nitrogen and oxygen atoms in total. The van der Waals surface area contributed by atoms with Crippen molar-refractivity contribution in [3.05, 3.63) is 66.0 Å². The second-order valence-electron chi connectivity index (χ2n) is 7.69. The highest BCUT2D eigenvalue weighted by atomic mass is 32.2. The number of ether oxygens (including phenoxy) is 1. The van der Waals surface area contributed by atoms with Gasteiger partial charge in [0.1, 0.15) is 0 Å². The fourth-order valence-corrected chi connectivity index (χ4v) is 4.47. The van der Waals surface area contributed by atoms with E-state index in [4.69, 9.17) is 4.74 Å². The molecule has 1 aliphatic rings. The fraction of sp³-hybridized carbons (Fsp3) is 0.333. The maximum atomic E-state index is 12.8. The zero-order valence-electron chi connectivity index (χ0n) is 18.2. The monoisotopic (exact) mass is 436 g/mol. The van der Waals surface area contributed by atoms with Crippen LogP contribution in [-0.2, 0) is 9.53 Å². The van der Waals surface area contributed by atoms with Gasteiger partial charge in [-0.2, -0.15) is 0 Å². The molecule has 1 unspecified atom stereocenters. The van der Waals surface area contributed by atoms with Crippen LogP contribution in [0.3, 0.4) is 0 Å². The fourth-order valence-electron chi connectivity index (χ4n) is 3.59. The molecule has 31 heavy (non-hydrogen) atoms. The van der Waals surface area contributed by atoms with Crippen LogP contribution < -0.4 is 10.2 Å². The summed E-state index contributed by atoms with van der Waals surface area (Å²) in [7, 11) is 0. The van der Waals surface area contributed by atoms with Gasteiger partial charge in [-0.25, -0.2) is 4.98 Å². The molecule has 2 aromatic carbocycles. The highest BCUT2D eigenvalue weighted by Gasteiger charge is 2.19. The van der Waals surface area contributed by atoms with Crippen molar-refractivity contribution in [1.82, 2.24) is 9.55 Å². The molecule has 0 radical (unpaired) electrons. The smallest absolute Gasteiger partial charge is 0.237 e. The topological polar surface area (TPSA) is 59.4 Å². The van der Waals surface area contributed by atoms with Crippen LogP contribution in [0.25, 0.3) is 5.69 Å². The molecular weight excluding hydrogens is 408 g/mol. The molecule has 0 bridgehead atoms. The van der Waals surface area contributed by atoms with E-state index < -0.39 is 0 Å². The lowest BCUT2D eigenvalue weighted by molar-refractivity contribution is -0.115. The Kier molecular flexibility index (Phi) is 6.63. The van der Waals surface area contributed by atoms with Crippen LogP contribution >= 0.6 is 11.8 Å². The van der Waals surface area contributed by atoms with Crippen molar-refractivity contribution in [2.24, 2.45) is 0 Å². The quantitative estimate of drug-likeness (QED) is 0.579. The molecular formula is C24H28N4O2S.